The first-order valence-electron chi connectivity index (χ1n) is 13.9. The number of hydrogen-bond donors (Lipinski definition) is 3. The molecule has 1 heterocycles. The quantitative estimate of drug-likeness (QED) is 0.225. The van der Waals surface area contributed by atoms with E-state index in [4.69, 9.17) is 24.1 Å². The van der Waals surface area contributed by atoms with Gasteiger partial charge in [-0.3, -0.25) is 19.2 Å². The van der Waals surface area contributed by atoms with E-state index >= 15 is 0 Å². The lowest BCUT2D eigenvalue weighted by Gasteiger charge is -2.40. The molecule has 8 unspecified atom stereocenters. The predicted octanol–water partition coefficient (Wildman–Crippen LogP) is 2.44. The minimum absolute atomic E-state index is 0.0899. The zero-order valence-electron chi connectivity index (χ0n) is 23.6. The Balaban J connectivity index is 1.74. The maximum atomic E-state index is 13.5. The number of carboxylic acids is 1. The molecule has 222 valence electrons. The average molecular weight is 557 g/mol. The molecule has 2 saturated carbocycles. The fraction of sp³-hybridized carbons (Fsp3) is 0.857. The van der Waals surface area contributed by atoms with Gasteiger partial charge in [0.25, 0.3) is 0 Å². The van der Waals surface area contributed by atoms with Crippen molar-refractivity contribution >= 4 is 23.9 Å². The molecule has 8 atom stereocenters. The molecule has 11 heteroatoms. The van der Waals surface area contributed by atoms with Gasteiger partial charge in [0.1, 0.15) is 12.7 Å². The summed E-state index contributed by atoms with van der Waals surface area (Å²) in [6.45, 7) is 7.90. The van der Waals surface area contributed by atoms with Crippen molar-refractivity contribution in [1.82, 2.24) is 0 Å². The van der Waals surface area contributed by atoms with Gasteiger partial charge in [-0.15, -0.1) is 0 Å². The fourth-order valence-corrected chi connectivity index (χ4v) is 6.62. The molecule has 0 aromatic carbocycles. The number of fused-ring (bicyclic) bond motifs is 2. The number of carbonyl (C=O) groups excluding carboxylic acids is 3. The van der Waals surface area contributed by atoms with Crippen molar-refractivity contribution < 1.29 is 53.4 Å². The smallest absolute Gasteiger partial charge is 0.311 e. The van der Waals surface area contributed by atoms with Crippen LogP contribution in [0.3, 0.4) is 0 Å². The van der Waals surface area contributed by atoms with E-state index in [0.717, 1.165) is 6.42 Å². The minimum atomic E-state index is -1.39. The summed E-state index contributed by atoms with van der Waals surface area (Å²) in [7, 11) is 0. The second-order valence-corrected chi connectivity index (χ2v) is 12.6. The van der Waals surface area contributed by atoms with Crippen LogP contribution in [0.4, 0.5) is 0 Å². The Morgan fingerprint density at radius 2 is 1.67 bits per heavy atom. The SMILES string of the molecule is CCC(C)(CC(C)(CC(C)(C)C(=O)OC1C(O)C2CC(C(=O)OC3CCCO3)C1C2)C(=O)OCCO)C(=O)O. The van der Waals surface area contributed by atoms with Gasteiger partial charge in [0, 0.05) is 12.3 Å². The number of aliphatic hydroxyl groups is 2. The van der Waals surface area contributed by atoms with Crippen LogP contribution in [0.15, 0.2) is 0 Å². The van der Waals surface area contributed by atoms with Crippen LogP contribution in [0.5, 0.6) is 0 Å². The van der Waals surface area contributed by atoms with E-state index in [1.807, 2.05) is 0 Å². The standard InChI is InChI=1S/C28H44O11/c1-6-27(4,23(32)33)15-28(5,25(35)37-11-9-29)14-26(2,3)24(34)39-21-17-12-16(20(21)30)13-18(17)22(31)38-19-8-7-10-36-19/h16-21,29-30H,6-15H2,1-5H3,(H,32,33). The van der Waals surface area contributed by atoms with E-state index < -0.39 is 77.1 Å². The number of esters is 3. The summed E-state index contributed by atoms with van der Waals surface area (Å²) in [6.07, 6.45) is 0.120. The zero-order chi connectivity index (χ0) is 29.2. The van der Waals surface area contributed by atoms with Crippen LogP contribution in [0.2, 0.25) is 0 Å². The van der Waals surface area contributed by atoms with Crippen molar-refractivity contribution in [1.29, 1.82) is 0 Å². The molecule has 0 radical (unpaired) electrons. The van der Waals surface area contributed by atoms with Gasteiger partial charge in [-0.2, -0.15) is 0 Å². The van der Waals surface area contributed by atoms with Crippen molar-refractivity contribution in [3.8, 4) is 0 Å². The number of carboxylic acid groups (broad SMARTS) is 1. The lowest BCUT2D eigenvalue weighted by molar-refractivity contribution is -0.187. The van der Waals surface area contributed by atoms with Crippen LogP contribution in [0, 0.1) is 34.0 Å². The molecule has 3 fully saturated rings. The molecule has 2 bridgehead atoms. The van der Waals surface area contributed by atoms with E-state index in [0.29, 0.717) is 25.9 Å². The van der Waals surface area contributed by atoms with Crippen LogP contribution in [-0.2, 0) is 38.1 Å². The van der Waals surface area contributed by atoms with Crippen LogP contribution in [-0.4, -0.2) is 77.5 Å². The molecular weight excluding hydrogens is 512 g/mol. The molecule has 39 heavy (non-hydrogen) atoms. The largest absolute Gasteiger partial charge is 0.481 e. The molecule has 1 saturated heterocycles. The monoisotopic (exact) mass is 556 g/mol. The Bertz CT molecular complexity index is 926. The lowest BCUT2D eigenvalue weighted by atomic mass is 9.65. The molecule has 0 aromatic heterocycles. The maximum Gasteiger partial charge on any atom is 0.311 e. The number of ether oxygens (including phenoxy) is 4. The first-order valence-corrected chi connectivity index (χ1v) is 13.9. The molecule has 0 spiro atoms. The van der Waals surface area contributed by atoms with E-state index in [1.54, 1.807) is 34.6 Å². The lowest BCUT2D eigenvalue weighted by Crippen LogP contribution is -2.47. The number of hydrogen-bond acceptors (Lipinski definition) is 10. The van der Waals surface area contributed by atoms with Gasteiger partial charge in [0.05, 0.1) is 41.5 Å². The van der Waals surface area contributed by atoms with Gasteiger partial charge in [-0.25, -0.2) is 0 Å². The Morgan fingerprint density at radius 1 is 0.974 bits per heavy atom. The summed E-state index contributed by atoms with van der Waals surface area (Å²) in [6, 6.07) is 0. The first-order chi connectivity index (χ1) is 18.2. The summed E-state index contributed by atoms with van der Waals surface area (Å²) < 4.78 is 22.0. The third kappa shape index (κ3) is 6.74. The highest BCUT2D eigenvalue weighted by atomic mass is 16.7. The molecule has 3 N–H and O–H groups in total. The van der Waals surface area contributed by atoms with Gasteiger partial charge in [-0.05, 0) is 72.1 Å². The second kappa shape index (κ2) is 12.1. The highest BCUT2D eigenvalue weighted by molar-refractivity contribution is 5.82. The Labute approximate surface area is 229 Å². The molecule has 0 amide bonds. The average Bonchev–Trinajstić information content (AvgIpc) is 3.60. The third-order valence-electron chi connectivity index (χ3n) is 8.85. The van der Waals surface area contributed by atoms with E-state index in [2.05, 4.69) is 0 Å². The van der Waals surface area contributed by atoms with Crippen LogP contribution < -0.4 is 0 Å². The molecular formula is C28H44O11. The van der Waals surface area contributed by atoms with Crippen molar-refractivity contribution in [2.45, 2.75) is 98.1 Å². The van der Waals surface area contributed by atoms with Crippen molar-refractivity contribution in [2.24, 2.45) is 34.0 Å². The second-order valence-electron chi connectivity index (χ2n) is 12.6. The molecule has 2 aliphatic carbocycles. The van der Waals surface area contributed by atoms with Crippen molar-refractivity contribution in [2.75, 3.05) is 19.8 Å². The normalized spacial score (nSPS) is 31.3. The summed E-state index contributed by atoms with van der Waals surface area (Å²) in [4.78, 5) is 51.5. The highest BCUT2D eigenvalue weighted by Crippen LogP contribution is 2.52. The zero-order valence-corrected chi connectivity index (χ0v) is 23.6. The number of aliphatic hydroxyl groups excluding tert-OH is 2. The number of carbonyl (C=O) groups is 4. The van der Waals surface area contributed by atoms with Crippen LogP contribution in [0.1, 0.15) is 79.6 Å². The topological polar surface area (TPSA) is 166 Å². The molecule has 1 aliphatic heterocycles. The van der Waals surface area contributed by atoms with Gasteiger partial charge in [-0.1, -0.05) is 6.92 Å². The number of aliphatic carboxylic acids is 1. The minimum Gasteiger partial charge on any atom is -0.481 e. The third-order valence-corrected chi connectivity index (χ3v) is 8.85. The van der Waals surface area contributed by atoms with Gasteiger partial charge < -0.3 is 34.3 Å². The van der Waals surface area contributed by atoms with Gasteiger partial charge in [0.2, 0.25) is 6.29 Å². The van der Waals surface area contributed by atoms with Gasteiger partial charge in [0.15, 0.2) is 0 Å². The molecule has 3 aliphatic rings. The van der Waals surface area contributed by atoms with E-state index in [9.17, 15) is 29.4 Å². The Kier molecular flexibility index (Phi) is 9.71. The van der Waals surface area contributed by atoms with Crippen molar-refractivity contribution in [3.63, 3.8) is 0 Å². The van der Waals surface area contributed by atoms with E-state index in [1.165, 1.54) is 0 Å². The highest BCUT2D eigenvalue weighted by Gasteiger charge is 2.58. The summed E-state index contributed by atoms with van der Waals surface area (Å²) in [5, 5.41) is 29.8. The van der Waals surface area contributed by atoms with Crippen LogP contribution in [0.25, 0.3) is 0 Å². The van der Waals surface area contributed by atoms with Gasteiger partial charge >= 0.3 is 23.9 Å². The fourth-order valence-electron chi connectivity index (χ4n) is 6.62. The first kappa shape index (κ1) is 31.3. The summed E-state index contributed by atoms with van der Waals surface area (Å²) in [5.74, 6) is -3.96. The maximum absolute atomic E-state index is 13.5. The molecule has 11 nitrogen and oxygen atoms in total. The summed E-state index contributed by atoms with van der Waals surface area (Å²) in [5.41, 5.74) is -3.92. The predicted molar refractivity (Wildman–Crippen MR) is 136 cm³/mol. The van der Waals surface area contributed by atoms with Crippen molar-refractivity contribution in [3.05, 3.63) is 0 Å². The van der Waals surface area contributed by atoms with E-state index in [-0.39, 0.29) is 31.8 Å². The van der Waals surface area contributed by atoms with Crippen LogP contribution >= 0.6 is 0 Å². The summed E-state index contributed by atoms with van der Waals surface area (Å²) >= 11 is 0. The Hall–Kier alpha value is -2.24. The Morgan fingerprint density at radius 3 is 2.21 bits per heavy atom. The number of rotatable bonds is 13. The molecule has 0 aromatic rings. The molecule has 3 rings (SSSR count).